The van der Waals surface area contributed by atoms with Gasteiger partial charge in [0.15, 0.2) is 0 Å². The van der Waals surface area contributed by atoms with E-state index in [1.54, 1.807) is 19.2 Å². The van der Waals surface area contributed by atoms with Crippen LogP contribution in [0.15, 0.2) is 48.5 Å². The van der Waals surface area contributed by atoms with Crippen molar-refractivity contribution in [3.05, 3.63) is 59.7 Å². The summed E-state index contributed by atoms with van der Waals surface area (Å²) in [6.45, 7) is 2.06. The standard InChI is InChI=1S/C19H22N2O4/c1-13-7-6-8-14(11-13)21-19(23)18(22)20-12-17(25-3)15-9-4-5-10-16(15)24-2/h4-11,17H,12H2,1-3H3,(H,20,22)(H,21,23)/t17-/m1/s1. The summed E-state index contributed by atoms with van der Waals surface area (Å²) in [7, 11) is 3.11. The Hall–Kier alpha value is -2.86. The van der Waals surface area contributed by atoms with Gasteiger partial charge in [0.05, 0.1) is 7.11 Å². The number of benzene rings is 2. The highest BCUT2D eigenvalue weighted by Gasteiger charge is 2.19. The Labute approximate surface area is 147 Å². The molecule has 0 radical (unpaired) electrons. The van der Waals surface area contributed by atoms with E-state index in [1.165, 1.54) is 7.11 Å². The summed E-state index contributed by atoms with van der Waals surface area (Å²) in [5, 5.41) is 5.16. The molecule has 0 fully saturated rings. The third-order valence-corrected chi connectivity index (χ3v) is 3.70. The van der Waals surface area contributed by atoms with Gasteiger partial charge in [0.1, 0.15) is 11.9 Å². The number of carbonyl (C=O) groups excluding carboxylic acids is 2. The average molecular weight is 342 g/mol. The van der Waals surface area contributed by atoms with E-state index >= 15 is 0 Å². The van der Waals surface area contributed by atoms with Crippen molar-refractivity contribution in [2.45, 2.75) is 13.0 Å². The molecule has 0 bridgehead atoms. The maximum Gasteiger partial charge on any atom is 0.313 e. The number of para-hydroxylation sites is 1. The summed E-state index contributed by atoms with van der Waals surface area (Å²) < 4.78 is 10.7. The van der Waals surface area contributed by atoms with E-state index in [9.17, 15) is 9.59 Å². The Morgan fingerprint density at radius 1 is 1.04 bits per heavy atom. The van der Waals surface area contributed by atoms with Crippen LogP contribution in [-0.2, 0) is 14.3 Å². The number of hydrogen-bond acceptors (Lipinski definition) is 4. The lowest BCUT2D eigenvalue weighted by molar-refractivity contribution is -0.136. The third kappa shape index (κ3) is 5.06. The molecule has 2 aromatic carbocycles. The van der Waals surface area contributed by atoms with E-state index in [4.69, 9.17) is 9.47 Å². The van der Waals surface area contributed by atoms with Gasteiger partial charge in [-0.3, -0.25) is 9.59 Å². The Kier molecular flexibility index (Phi) is 6.54. The normalized spacial score (nSPS) is 11.5. The molecule has 0 aliphatic rings. The molecule has 25 heavy (non-hydrogen) atoms. The maximum atomic E-state index is 12.0. The fraction of sp³-hybridized carbons (Fsp3) is 0.263. The number of ether oxygens (including phenoxy) is 2. The Bertz CT molecular complexity index is 746. The van der Waals surface area contributed by atoms with Crippen LogP contribution in [-0.4, -0.2) is 32.6 Å². The van der Waals surface area contributed by atoms with E-state index < -0.39 is 17.9 Å². The molecule has 2 amide bonds. The van der Waals surface area contributed by atoms with Gasteiger partial charge in [-0.05, 0) is 30.7 Å². The molecule has 0 saturated heterocycles. The molecule has 0 aliphatic carbocycles. The van der Waals surface area contributed by atoms with Gasteiger partial charge in [-0.2, -0.15) is 0 Å². The summed E-state index contributed by atoms with van der Waals surface area (Å²) in [5.41, 5.74) is 2.37. The molecule has 0 unspecified atom stereocenters. The Morgan fingerprint density at radius 2 is 1.80 bits per heavy atom. The van der Waals surface area contributed by atoms with Gasteiger partial charge >= 0.3 is 11.8 Å². The number of nitrogens with one attached hydrogen (secondary N) is 2. The van der Waals surface area contributed by atoms with Crippen molar-refractivity contribution in [3.8, 4) is 5.75 Å². The van der Waals surface area contributed by atoms with Gasteiger partial charge in [0.25, 0.3) is 0 Å². The second-order valence-electron chi connectivity index (χ2n) is 5.50. The van der Waals surface area contributed by atoms with E-state index in [0.717, 1.165) is 11.1 Å². The minimum Gasteiger partial charge on any atom is -0.496 e. The van der Waals surface area contributed by atoms with E-state index in [0.29, 0.717) is 11.4 Å². The molecule has 0 spiro atoms. The van der Waals surface area contributed by atoms with E-state index in [2.05, 4.69) is 10.6 Å². The highest BCUT2D eigenvalue weighted by molar-refractivity contribution is 6.39. The number of anilines is 1. The Balaban J connectivity index is 1.96. The van der Waals surface area contributed by atoms with Crippen LogP contribution in [0.2, 0.25) is 0 Å². The number of carbonyl (C=O) groups is 2. The van der Waals surface area contributed by atoms with Crippen LogP contribution < -0.4 is 15.4 Å². The molecule has 2 N–H and O–H groups in total. The molecule has 2 aromatic rings. The number of rotatable bonds is 6. The average Bonchev–Trinajstić information content (AvgIpc) is 2.62. The first-order chi connectivity index (χ1) is 12.0. The highest BCUT2D eigenvalue weighted by Crippen LogP contribution is 2.26. The smallest absolute Gasteiger partial charge is 0.313 e. The quantitative estimate of drug-likeness (QED) is 0.791. The highest BCUT2D eigenvalue weighted by atomic mass is 16.5. The number of amides is 2. The molecule has 2 rings (SSSR count). The van der Waals surface area contributed by atoms with Crippen LogP contribution in [0.4, 0.5) is 5.69 Å². The van der Waals surface area contributed by atoms with Gasteiger partial charge < -0.3 is 20.1 Å². The zero-order chi connectivity index (χ0) is 18.2. The van der Waals surface area contributed by atoms with Gasteiger partial charge in [0.2, 0.25) is 0 Å². The predicted molar refractivity (Wildman–Crippen MR) is 95.6 cm³/mol. The molecular formula is C19H22N2O4. The second kappa shape index (κ2) is 8.84. The summed E-state index contributed by atoms with van der Waals surface area (Å²) in [4.78, 5) is 24.0. The van der Waals surface area contributed by atoms with Crippen molar-refractivity contribution in [3.63, 3.8) is 0 Å². The largest absolute Gasteiger partial charge is 0.496 e. The minimum absolute atomic E-state index is 0.150. The van der Waals surface area contributed by atoms with Gasteiger partial charge in [-0.25, -0.2) is 0 Å². The lowest BCUT2D eigenvalue weighted by Gasteiger charge is -2.18. The summed E-state index contributed by atoms with van der Waals surface area (Å²) >= 11 is 0. The lowest BCUT2D eigenvalue weighted by Crippen LogP contribution is -2.38. The molecule has 0 aromatic heterocycles. The minimum atomic E-state index is -0.724. The van der Waals surface area contributed by atoms with Crippen LogP contribution in [0.5, 0.6) is 5.75 Å². The fourth-order valence-corrected chi connectivity index (χ4v) is 2.43. The van der Waals surface area contributed by atoms with Crippen LogP contribution in [0.25, 0.3) is 0 Å². The number of aryl methyl sites for hydroxylation is 1. The molecule has 6 nitrogen and oxygen atoms in total. The van der Waals surface area contributed by atoms with Crippen molar-refractivity contribution < 1.29 is 19.1 Å². The van der Waals surface area contributed by atoms with Gasteiger partial charge in [-0.15, -0.1) is 0 Å². The van der Waals surface area contributed by atoms with Crippen molar-refractivity contribution in [2.75, 3.05) is 26.1 Å². The fourth-order valence-electron chi connectivity index (χ4n) is 2.43. The van der Waals surface area contributed by atoms with Crippen LogP contribution in [0.1, 0.15) is 17.2 Å². The SMILES string of the molecule is COc1ccccc1[C@@H](CNC(=O)C(=O)Nc1cccc(C)c1)OC. The van der Waals surface area contributed by atoms with Gasteiger partial charge in [-0.1, -0.05) is 30.3 Å². The van der Waals surface area contributed by atoms with Crippen LogP contribution in [0, 0.1) is 6.92 Å². The topological polar surface area (TPSA) is 76.7 Å². The predicted octanol–water partition coefficient (Wildman–Crippen LogP) is 2.45. The maximum absolute atomic E-state index is 12.0. The first kappa shape index (κ1) is 18.5. The molecule has 0 heterocycles. The summed E-state index contributed by atoms with van der Waals surface area (Å²) in [5.74, 6) is -0.785. The first-order valence-corrected chi connectivity index (χ1v) is 7.86. The molecule has 0 saturated carbocycles. The van der Waals surface area contributed by atoms with Crippen LogP contribution >= 0.6 is 0 Å². The van der Waals surface area contributed by atoms with Crippen molar-refractivity contribution >= 4 is 17.5 Å². The second-order valence-corrected chi connectivity index (χ2v) is 5.50. The zero-order valence-corrected chi connectivity index (χ0v) is 14.5. The van der Waals surface area contributed by atoms with Crippen LogP contribution in [0.3, 0.4) is 0 Å². The summed E-state index contributed by atoms with van der Waals surface area (Å²) in [6, 6.07) is 14.6. The van der Waals surface area contributed by atoms with E-state index in [-0.39, 0.29) is 6.54 Å². The Morgan fingerprint density at radius 3 is 2.48 bits per heavy atom. The van der Waals surface area contributed by atoms with Crippen molar-refractivity contribution in [1.82, 2.24) is 5.32 Å². The van der Waals surface area contributed by atoms with Crippen molar-refractivity contribution in [2.24, 2.45) is 0 Å². The number of hydrogen-bond donors (Lipinski definition) is 2. The molecule has 6 heteroatoms. The molecule has 132 valence electrons. The monoisotopic (exact) mass is 342 g/mol. The summed E-state index contributed by atoms with van der Waals surface area (Å²) in [6.07, 6.45) is -0.424. The molecular weight excluding hydrogens is 320 g/mol. The van der Waals surface area contributed by atoms with Crippen molar-refractivity contribution in [1.29, 1.82) is 0 Å². The molecule has 0 aliphatic heterocycles. The molecule has 1 atom stereocenters. The zero-order valence-electron chi connectivity index (χ0n) is 14.5. The van der Waals surface area contributed by atoms with E-state index in [1.807, 2.05) is 43.3 Å². The third-order valence-electron chi connectivity index (χ3n) is 3.70. The van der Waals surface area contributed by atoms with Gasteiger partial charge in [0, 0.05) is 24.9 Å². The lowest BCUT2D eigenvalue weighted by atomic mass is 10.1. The first-order valence-electron chi connectivity index (χ1n) is 7.86. The number of methoxy groups -OCH3 is 2.